The Morgan fingerprint density at radius 3 is 2.65 bits per heavy atom. The Balaban J connectivity index is 1.80. The summed E-state index contributed by atoms with van der Waals surface area (Å²) in [5, 5.41) is 7.61. The minimum atomic E-state index is 0.513. The van der Waals surface area contributed by atoms with Gasteiger partial charge in [-0.3, -0.25) is 4.68 Å². The second kappa shape index (κ2) is 7.86. The Bertz CT molecular complexity index is 524. The molecule has 0 bridgehead atoms. The van der Waals surface area contributed by atoms with Gasteiger partial charge in [-0.05, 0) is 50.2 Å². The lowest BCUT2D eigenvalue weighted by molar-refractivity contribution is 0.556. The van der Waals surface area contributed by atoms with E-state index in [4.69, 9.17) is 0 Å². The lowest BCUT2D eigenvalue weighted by Gasteiger charge is -2.15. The van der Waals surface area contributed by atoms with Gasteiger partial charge >= 0.3 is 0 Å². The molecule has 1 atom stereocenters. The fraction of sp³-hybridized carbons (Fsp3) is 0.400. The van der Waals surface area contributed by atoms with Crippen molar-refractivity contribution in [2.75, 3.05) is 12.8 Å². The first-order valence-electron chi connectivity index (χ1n) is 6.71. The van der Waals surface area contributed by atoms with Crippen molar-refractivity contribution in [2.24, 2.45) is 7.05 Å². The summed E-state index contributed by atoms with van der Waals surface area (Å²) >= 11 is 5.36. The molecule has 0 saturated carbocycles. The van der Waals surface area contributed by atoms with E-state index in [9.17, 15) is 0 Å². The molecule has 2 aromatic rings. The van der Waals surface area contributed by atoms with Crippen molar-refractivity contribution in [2.45, 2.75) is 23.8 Å². The highest BCUT2D eigenvalue weighted by atomic mass is 79.9. The van der Waals surface area contributed by atoms with Crippen LogP contribution in [0.1, 0.15) is 12.1 Å². The number of nitrogens with one attached hydrogen (secondary N) is 1. The molecule has 0 aliphatic rings. The first-order chi connectivity index (χ1) is 9.69. The summed E-state index contributed by atoms with van der Waals surface area (Å²) in [4.78, 5) is 1.31. The zero-order chi connectivity index (χ0) is 14.4. The van der Waals surface area contributed by atoms with Crippen LogP contribution in [0, 0.1) is 0 Å². The number of hydrogen-bond acceptors (Lipinski definition) is 3. The zero-order valence-electron chi connectivity index (χ0n) is 11.8. The van der Waals surface area contributed by atoms with Gasteiger partial charge in [0.2, 0.25) is 0 Å². The van der Waals surface area contributed by atoms with Gasteiger partial charge in [0.25, 0.3) is 0 Å². The van der Waals surface area contributed by atoms with Crippen molar-refractivity contribution in [3.63, 3.8) is 0 Å². The SMILES string of the molecule is CNC(CCc1ccnn1C)CSc1ccc(Br)cc1. The van der Waals surface area contributed by atoms with Gasteiger partial charge < -0.3 is 5.32 Å². The maximum absolute atomic E-state index is 4.21. The van der Waals surface area contributed by atoms with E-state index in [0.29, 0.717) is 6.04 Å². The molecule has 108 valence electrons. The van der Waals surface area contributed by atoms with Gasteiger partial charge in [-0.2, -0.15) is 5.10 Å². The molecule has 0 spiro atoms. The van der Waals surface area contributed by atoms with Crippen LogP contribution in [-0.4, -0.2) is 28.6 Å². The van der Waals surface area contributed by atoms with E-state index in [1.54, 1.807) is 0 Å². The topological polar surface area (TPSA) is 29.9 Å². The second-order valence-electron chi connectivity index (χ2n) is 4.74. The maximum Gasteiger partial charge on any atom is 0.0492 e. The van der Waals surface area contributed by atoms with Gasteiger partial charge in [0.05, 0.1) is 0 Å². The first kappa shape index (κ1) is 15.6. The van der Waals surface area contributed by atoms with Crippen LogP contribution in [0.15, 0.2) is 45.9 Å². The number of nitrogens with zero attached hydrogens (tertiary/aromatic N) is 2. The van der Waals surface area contributed by atoms with Crippen LogP contribution in [0.25, 0.3) is 0 Å². The number of rotatable bonds is 7. The minimum Gasteiger partial charge on any atom is -0.316 e. The average molecular weight is 354 g/mol. The molecule has 0 fully saturated rings. The van der Waals surface area contributed by atoms with Crippen molar-refractivity contribution >= 4 is 27.7 Å². The highest BCUT2D eigenvalue weighted by Gasteiger charge is 2.08. The third kappa shape index (κ3) is 4.65. The molecule has 1 aromatic carbocycles. The van der Waals surface area contributed by atoms with Gasteiger partial charge in [-0.25, -0.2) is 0 Å². The highest BCUT2D eigenvalue weighted by Crippen LogP contribution is 2.22. The molecule has 0 saturated heterocycles. The molecule has 1 unspecified atom stereocenters. The van der Waals surface area contributed by atoms with Gasteiger partial charge in [-0.1, -0.05) is 15.9 Å². The molecule has 1 N–H and O–H groups in total. The van der Waals surface area contributed by atoms with E-state index < -0.39 is 0 Å². The van der Waals surface area contributed by atoms with E-state index in [1.165, 1.54) is 10.6 Å². The number of thioether (sulfide) groups is 1. The molecule has 0 amide bonds. The molecule has 1 heterocycles. The lowest BCUT2D eigenvalue weighted by atomic mass is 10.1. The summed E-state index contributed by atoms with van der Waals surface area (Å²) in [7, 11) is 4.04. The fourth-order valence-electron chi connectivity index (χ4n) is 2.01. The molecular formula is C15H20BrN3S. The Labute approximate surface area is 133 Å². The molecule has 3 nitrogen and oxygen atoms in total. The van der Waals surface area contributed by atoms with Crippen LogP contribution >= 0.6 is 27.7 Å². The highest BCUT2D eigenvalue weighted by molar-refractivity contribution is 9.10. The predicted octanol–water partition coefficient (Wildman–Crippen LogP) is 3.50. The van der Waals surface area contributed by atoms with Crippen molar-refractivity contribution < 1.29 is 0 Å². The Kier molecular flexibility index (Phi) is 6.13. The number of benzene rings is 1. The van der Waals surface area contributed by atoms with Gasteiger partial charge in [0.1, 0.15) is 0 Å². The van der Waals surface area contributed by atoms with E-state index in [0.717, 1.165) is 23.1 Å². The zero-order valence-corrected chi connectivity index (χ0v) is 14.2. The molecule has 20 heavy (non-hydrogen) atoms. The van der Waals surface area contributed by atoms with E-state index in [-0.39, 0.29) is 0 Å². The maximum atomic E-state index is 4.21. The molecular weight excluding hydrogens is 334 g/mol. The number of aromatic nitrogens is 2. The molecule has 1 aromatic heterocycles. The van der Waals surface area contributed by atoms with Crippen LogP contribution in [-0.2, 0) is 13.5 Å². The Morgan fingerprint density at radius 2 is 2.05 bits per heavy atom. The van der Waals surface area contributed by atoms with Gasteiger partial charge in [-0.15, -0.1) is 11.8 Å². The van der Waals surface area contributed by atoms with Crippen LogP contribution in [0.4, 0.5) is 0 Å². The van der Waals surface area contributed by atoms with Crippen LogP contribution in [0.2, 0.25) is 0 Å². The smallest absolute Gasteiger partial charge is 0.0492 e. The normalized spacial score (nSPS) is 12.6. The summed E-state index contributed by atoms with van der Waals surface area (Å²) in [6.07, 6.45) is 4.04. The van der Waals surface area contributed by atoms with Crippen molar-refractivity contribution in [1.82, 2.24) is 15.1 Å². The largest absolute Gasteiger partial charge is 0.316 e. The monoisotopic (exact) mass is 353 g/mol. The van der Waals surface area contributed by atoms with Crippen molar-refractivity contribution in [3.8, 4) is 0 Å². The summed E-state index contributed by atoms with van der Waals surface area (Å²) in [6, 6.07) is 11.1. The van der Waals surface area contributed by atoms with E-state index in [2.05, 4.69) is 56.7 Å². The van der Waals surface area contributed by atoms with Crippen LogP contribution in [0.3, 0.4) is 0 Å². The first-order valence-corrected chi connectivity index (χ1v) is 8.49. The number of halogens is 1. The molecule has 0 radical (unpaired) electrons. The van der Waals surface area contributed by atoms with E-state index in [1.807, 2.05) is 36.7 Å². The Morgan fingerprint density at radius 1 is 1.30 bits per heavy atom. The summed E-state index contributed by atoms with van der Waals surface area (Å²) in [6.45, 7) is 0. The third-order valence-corrected chi connectivity index (χ3v) is 5.05. The third-order valence-electron chi connectivity index (χ3n) is 3.34. The fourth-order valence-corrected chi connectivity index (χ4v) is 3.33. The standard InChI is InChI=1S/C15H20BrN3S/c1-17-13(5-6-14-9-10-18-19(14)2)11-20-15-7-3-12(16)4-8-15/h3-4,7-10,13,17H,5-6,11H2,1-2H3. The minimum absolute atomic E-state index is 0.513. The average Bonchev–Trinajstić information content (AvgIpc) is 2.86. The summed E-state index contributed by atoms with van der Waals surface area (Å²) in [5.41, 5.74) is 1.29. The lowest BCUT2D eigenvalue weighted by Crippen LogP contribution is -2.28. The van der Waals surface area contributed by atoms with Crippen molar-refractivity contribution in [3.05, 3.63) is 46.7 Å². The Hall–Kier alpha value is -0.780. The van der Waals surface area contributed by atoms with Crippen LogP contribution < -0.4 is 5.32 Å². The second-order valence-corrected chi connectivity index (χ2v) is 6.74. The van der Waals surface area contributed by atoms with Crippen molar-refractivity contribution in [1.29, 1.82) is 0 Å². The quantitative estimate of drug-likeness (QED) is 0.772. The number of hydrogen-bond donors (Lipinski definition) is 1. The summed E-state index contributed by atoms with van der Waals surface area (Å²) < 4.78 is 3.08. The molecule has 5 heteroatoms. The predicted molar refractivity (Wildman–Crippen MR) is 89.2 cm³/mol. The molecule has 0 aliphatic heterocycles. The van der Waals surface area contributed by atoms with Crippen LogP contribution in [0.5, 0.6) is 0 Å². The van der Waals surface area contributed by atoms with Gasteiger partial charge in [0.15, 0.2) is 0 Å². The number of aryl methyl sites for hydroxylation is 2. The summed E-state index contributed by atoms with van der Waals surface area (Å²) in [5.74, 6) is 1.08. The molecule has 0 aliphatic carbocycles. The van der Waals surface area contributed by atoms with E-state index >= 15 is 0 Å². The molecule has 2 rings (SSSR count). The van der Waals surface area contributed by atoms with Gasteiger partial charge in [0, 0.05) is 40.1 Å².